The molecule has 0 bridgehead atoms. The van der Waals surface area contributed by atoms with E-state index < -0.39 is 15.4 Å². The van der Waals surface area contributed by atoms with Crippen LogP contribution in [0.5, 0.6) is 0 Å². The third-order valence-corrected chi connectivity index (χ3v) is 6.44. The van der Waals surface area contributed by atoms with Crippen molar-refractivity contribution in [1.82, 2.24) is 5.32 Å². The van der Waals surface area contributed by atoms with E-state index in [0.717, 1.165) is 5.75 Å². The summed E-state index contributed by atoms with van der Waals surface area (Å²) in [6, 6.07) is 8.20. The first-order chi connectivity index (χ1) is 9.78. The van der Waals surface area contributed by atoms with Crippen molar-refractivity contribution in [1.29, 1.82) is 0 Å². The van der Waals surface area contributed by atoms with Gasteiger partial charge in [-0.2, -0.15) is 0 Å². The lowest BCUT2D eigenvalue weighted by Crippen LogP contribution is -2.47. The van der Waals surface area contributed by atoms with E-state index in [1.807, 2.05) is 25.1 Å². The predicted octanol–water partition coefficient (Wildman–Crippen LogP) is 1.92. The zero-order valence-corrected chi connectivity index (χ0v) is 14.0. The van der Waals surface area contributed by atoms with Gasteiger partial charge >= 0.3 is 0 Å². The summed E-state index contributed by atoms with van der Waals surface area (Å²) in [6.07, 6.45) is 0.504. The number of thioether (sulfide) groups is 1. The summed E-state index contributed by atoms with van der Waals surface area (Å²) in [4.78, 5) is 11.9. The maximum Gasteiger partial charge on any atom is 0.230 e. The van der Waals surface area contributed by atoms with Crippen LogP contribution in [-0.4, -0.2) is 37.1 Å². The highest BCUT2D eigenvalue weighted by Crippen LogP contribution is 2.23. The number of aryl methyl sites for hydroxylation is 1. The van der Waals surface area contributed by atoms with E-state index in [0.29, 0.717) is 12.2 Å². The molecule has 0 aliphatic carbocycles. The molecule has 1 amide bonds. The predicted molar refractivity (Wildman–Crippen MR) is 87.2 cm³/mol. The molecule has 1 saturated heterocycles. The molecule has 0 saturated carbocycles. The lowest BCUT2D eigenvalue weighted by Gasteiger charge is -2.23. The molecule has 0 radical (unpaired) electrons. The molecule has 1 heterocycles. The van der Waals surface area contributed by atoms with E-state index in [1.54, 1.807) is 18.7 Å². The van der Waals surface area contributed by atoms with Crippen LogP contribution < -0.4 is 5.32 Å². The Morgan fingerprint density at radius 3 is 2.81 bits per heavy atom. The Bertz CT molecular complexity index is 628. The minimum Gasteiger partial charge on any atom is -0.349 e. The zero-order chi connectivity index (χ0) is 15.5. The van der Waals surface area contributed by atoms with Crippen molar-refractivity contribution < 1.29 is 13.2 Å². The molecule has 1 aromatic carbocycles. The number of carbonyl (C=O) groups is 1. The molecule has 2 rings (SSSR count). The van der Waals surface area contributed by atoms with Gasteiger partial charge in [0, 0.05) is 5.75 Å². The first kappa shape index (κ1) is 16.4. The highest BCUT2D eigenvalue weighted by atomic mass is 32.2. The third-order valence-electron chi connectivity index (χ3n) is 3.53. The van der Waals surface area contributed by atoms with Crippen molar-refractivity contribution in [3.63, 3.8) is 0 Å². The normalized spacial score (nSPS) is 23.9. The average molecular weight is 327 g/mol. The fourth-order valence-electron chi connectivity index (χ4n) is 2.55. The van der Waals surface area contributed by atoms with E-state index >= 15 is 0 Å². The van der Waals surface area contributed by atoms with Crippen LogP contribution in [0.1, 0.15) is 24.5 Å². The molecule has 0 spiro atoms. The smallest absolute Gasteiger partial charge is 0.230 e. The van der Waals surface area contributed by atoms with Gasteiger partial charge in [-0.3, -0.25) is 4.79 Å². The lowest BCUT2D eigenvalue weighted by atomic mass is 10.0. The van der Waals surface area contributed by atoms with Gasteiger partial charge in [0.25, 0.3) is 0 Å². The third kappa shape index (κ3) is 5.04. The fraction of sp³-hybridized carbons (Fsp3) is 0.533. The van der Waals surface area contributed by atoms with Gasteiger partial charge in [-0.15, -0.1) is 11.8 Å². The number of benzene rings is 1. The minimum absolute atomic E-state index is 0.0499. The Morgan fingerprint density at radius 2 is 2.19 bits per heavy atom. The van der Waals surface area contributed by atoms with Crippen LogP contribution in [0.3, 0.4) is 0 Å². The summed E-state index contributed by atoms with van der Waals surface area (Å²) in [7, 11) is -2.99. The number of carbonyl (C=O) groups excluding carboxylic acids is 1. The Balaban J connectivity index is 1.78. The second-order valence-corrected chi connectivity index (χ2v) is 9.10. The molecular formula is C15H21NO3S2. The molecule has 0 aromatic heterocycles. The van der Waals surface area contributed by atoms with Gasteiger partial charge in [0.05, 0.1) is 22.8 Å². The highest BCUT2D eigenvalue weighted by Gasteiger charge is 2.39. The molecule has 1 N–H and O–H groups in total. The summed E-state index contributed by atoms with van der Waals surface area (Å²) in [5, 5.41) is 2.87. The maximum atomic E-state index is 11.9. The van der Waals surface area contributed by atoms with Gasteiger partial charge in [-0.1, -0.05) is 29.8 Å². The molecule has 116 valence electrons. The van der Waals surface area contributed by atoms with E-state index in [2.05, 4.69) is 11.4 Å². The number of hydrogen-bond acceptors (Lipinski definition) is 4. The molecule has 1 aliphatic heterocycles. The zero-order valence-electron chi connectivity index (χ0n) is 12.4. The summed E-state index contributed by atoms with van der Waals surface area (Å²) < 4.78 is 23.0. The summed E-state index contributed by atoms with van der Waals surface area (Å²) >= 11 is 1.54. The van der Waals surface area contributed by atoms with E-state index in [-0.39, 0.29) is 17.4 Å². The monoisotopic (exact) mass is 327 g/mol. The van der Waals surface area contributed by atoms with Gasteiger partial charge in [-0.25, -0.2) is 8.42 Å². The molecule has 6 heteroatoms. The van der Waals surface area contributed by atoms with E-state index in [4.69, 9.17) is 0 Å². The average Bonchev–Trinajstić information content (AvgIpc) is 2.63. The van der Waals surface area contributed by atoms with Gasteiger partial charge in [0.2, 0.25) is 5.91 Å². The molecular weight excluding hydrogens is 306 g/mol. The second-order valence-electron chi connectivity index (χ2n) is 5.93. The highest BCUT2D eigenvalue weighted by molar-refractivity contribution is 7.99. The Hall–Kier alpha value is -1.01. The standard InChI is InChI=1S/C15H21NO3S2/c1-12-4-3-5-13(8-12)9-20-10-14(17)16-15(2)6-7-21(18,19)11-15/h3-5,8H,6-7,9-11H2,1-2H3,(H,16,17). The molecule has 1 fully saturated rings. The van der Waals surface area contributed by atoms with Crippen LogP contribution >= 0.6 is 11.8 Å². The molecule has 21 heavy (non-hydrogen) atoms. The first-order valence-electron chi connectivity index (χ1n) is 6.93. The Morgan fingerprint density at radius 1 is 1.43 bits per heavy atom. The molecule has 1 unspecified atom stereocenters. The second kappa shape index (κ2) is 6.40. The van der Waals surface area contributed by atoms with Crippen molar-refractivity contribution in [3.8, 4) is 0 Å². The largest absolute Gasteiger partial charge is 0.349 e. The van der Waals surface area contributed by atoms with Gasteiger partial charge in [0.15, 0.2) is 9.84 Å². The number of rotatable bonds is 5. The van der Waals surface area contributed by atoms with Crippen LogP contribution in [0.25, 0.3) is 0 Å². The maximum absolute atomic E-state index is 11.9. The number of hydrogen-bond donors (Lipinski definition) is 1. The Labute approximate surface area is 130 Å². The first-order valence-corrected chi connectivity index (χ1v) is 9.90. The minimum atomic E-state index is -2.99. The molecule has 1 atom stereocenters. The van der Waals surface area contributed by atoms with Gasteiger partial charge in [-0.05, 0) is 25.8 Å². The quantitative estimate of drug-likeness (QED) is 0.897. The van der Waals surface area contributed by atoms with Crippen LogP contribution in [0.4, 0.5) is 0 Å². The van der Waals surface area contributed by atoms with Crippen molar-refractivity contribution in [3.05, 3.63) is 35.4 Å². The molecule has 1 aromatic rings. The van der Waals surface area contributed by atoms with Gasteiger partial charge < -0.3 is 5.32 Å². The van der Waals surface area contributed by atoms with Crippen molar-refractivity contribution >= 4 is 27.5 Å². The summed E-state index contributed by atoms with van der Waals surface area (Å²) in [6.45, 7) is 3.85. The summed E-state index contributed by atoms with van der Waals surface area (Å²) in [5.41, 5.74) is 1.81. The molecule has 4 nitrogen and oxygen atoms in total. The number of amides is 1. The van der Waals surface area contributed by atoms with E-state index in [9.17, 15) is 13.2 Å². The van der Waals surface area contributed by atoms with Gasteiger partial charge in [0.1, 0.15) is 0 Å². The molecule has 1 aliphatic rings. The van der Waals surface area contributed by atoms with Crippen molar-refractivity contribution in [2.45, 2.75) is 31.6 Å². The van der Waals surface area contributed by atoms with Crippen molar-refractivity contribution in [2.24, 2.45) is 0 Å². The fourth-order valence-corrected chi connectivity index (χ4v) is 5.41. The number of sulfone groups is 1. The van der Waals surface area contributed by atoms with Crippen LogP contribution in [0.15, 0.2) is 24.3 Å². The van der Waals surface area contributed by atoms with Crippen LogP contribution in [0, 0.1) is 6.92 Å². The van der Waals surface area contributed by atoms with Crippen molar-refractivity contribution in [2.75, 3.05) is 17.3 Å². The lowest BCUT2D eigenvalue weighted by molar-refractivity contribution is -0.120. The summed E-state index contributed by atoms with van der Waals surface area (Å²) in [5.74, 6) is 1.26. The van der Waals surface area contributed by atoms with Crippen LogP contribution in [0.2, 0.25) is 0 Å². The van der Waals surface area contributed by atoms with E-state index in [1.165, 1.54) is 11.1 Å². The number of nitrogens with one attached hydrogen (secondary N) is 1. The topological polar surface area (TPSA) is 63.2 Å². The SMILES string of the molecule is Cc1cccc(CSCC(=O)NC2(C)CCS(=O)(=O)C2)c1. The van der Waals surface area contributed by atoms with Crippen LogP contribution in [-0.2, 0) is 20.4 Å². The Kier molecular flexibility index (Phi) is 4.99.